The number of ketones is 3. The van der Waals surface area contributed by atoms with Crippen LogP contribution in [0.15, 0.2) is 60.7 Å². The van der Waals surface area contributed by atoms with Crippen LogP contribution in [0, 0.1) is 5.92 Å². The Morgan fingerprint density at radius 2 is 0.540 bits per heavy atom. The third kappa shape index (κ3) is 54.9. The minimum Gasteiger partial charge on any atom is -0.355 e. The normalized spacial score (nSPS) is 13.3. The molecule has 702 valence electrons. The summed E-state index contributed by atoms with van der Waals surface area (Å²) in [6.45, 7) is 4.42. The number of Topliss-reactive ketones (excluding diaryl/α,β-unsaturated/α-hetero) is 3. The first kappa shape index (κ1) is 111. The van der Waals surface area contributed by atoms with Crippen LogP contribution in [0.5, 0.6) is 0 Å². The number of carbonyl (C=O) groups excluding carboxylic acids is 14. The lowest BCUT2D eigenvalue weighted by Crippen LogP contribution is -2.54. The molecule has 0 aliphatic carbocycles. The molecule has 7 unspecified atom stereocenters. The Balaban J connectivity index is 2.68. The van der Waals surface area contributed by atoms with E-state index in [2.05, 4.69) is 68.7 Å². The van der Waals surface area contributed by atoms with Crippen LogP contribution in [0.1, 0.15) is 178 Å². The molecule has 0 fully saturated rings. The lowest BCUT2D eigenvalue weighted by Gasteiger charge is -2.26. The van der Waals surface area contributed by atoms with Crippen LogP contribution in [0.3, 0.4) is 0 Å². The third-order valence-electron chi connectivity index (χ3n) is 20.4. The summed E-state index contributed by atoms with van der Waals surface area (Å²) in [5.41, 5.74) is 1.74. The van der Waals surface area contributed by atoms with Gasteiger partial charge < -0.3 is 103 Å². The highest BCUT2D eigenvalue weighted by Crippen LogP contribution is 2.30. The molecular formula is C90H158N20O14. The van der Waals surface area contributed by atoms with Gasteiger partial charge in [-0.15, -0.1) is 0 Å². The summed E-state index contributed by atoms with van der Waals surface area (Å²) in [5, 5.41) is 35.7. The highest BCUT2D eigenvalue weighted by Gasteiger charge is 2.34. The zero-order valence-electron chi connectivity index (χ0n) is 78.0. The van der Waals surface area contributed by atoms with E-state index < -0.39 is 77.6 Å². The van der Waals surface area contributed by atoms with Gasteiger partial charge in [0.15, 0.2) is 17.3 Å². The summed E-state index contributed by atoms with van der Waals surface area (Å²) in [6.07, 6.45) is 8.32. The number of rotatable bonds is 72. The van der Waals surface area contributed by atoms with E-state index in [1.807, 2.05) is 74.8 Å². The number of hydrogen-bond donors (Lipinski definition) is 12. The molecule has 12 N–H and O–H groups in total. The van der Waals surface area contributed by atoms with E-state index in [1.165, 1.54) is 0 Å². The number of carbonyl (C=O) groups is 14. The average Bonchev–Trinajstić information content (AvgIpc) is 0.833. The molecule has 0 heterocycles. The van der Waals surface area contributed by atoms with Crippen molar-refractivity contribution < 1.29 is 67.1 Å². The monoisotopic (exact) mass is 1740 g/mol. The van der Waals surface area contributed by atoms with Crippen molar-refractivity contribution >= 4 is 82.3 Å². The maximum atomic E-state index is 15.4. The van der Waals surface area contributed by atoms with Gasteiger partial charge in [-0.2, -0.15) is 0 Å². The predicted octanol–water partition coefficient (Wildman–Crippen LogP) is 1.47. The van der Waals surface area contributed by atoms with Crippen LogP contribution in [0.25, 0.3) is 0 Å². The molecule has 11 amide bonds. The fourth-order valence-corrected chi connectivity index (χ4v) is 14.1. The molecule has 0 saturated heterocycles. The van der Waals surface area contributed by atoms with E-state index >= 15 is 9.59 Å². The van der Waals surface area contributed by atoms with E-state index in [0.717, 1.165) is 24.2 Å². The Hall–Kier alpha value is -8.74. The minimum atomic E-state index is -1.13. The maximum absolute atomic E-state index is 15.4. The quantitative estimate of drug-likeness (QED) is 0.0417. The van der Waals surface area contributed by atoms with Crippen LogP contribution < -0.4 is 63.8 Å². The van der Waals surface area contributed by atoms with E-state index in [1.54, 1.807) is 133 Å². The molecule has 124 heavy (non-hydrogen) atoms. The van der Waals surface area contributed by atoms with Crippen molar-refractivity contribution in [2.24, 2.45) is 5.92 Å². The maximum Gasteiger partial charge on any atom is 0.243 e. The first-order chi connectivity index (χ1) is 58.9. The summed E-state index contributed by atoms with van der Waals surface area (Å²) in [6, 6.07) is 13.3. The first-order valence-corrected chi connectivity index (χ1v) is 44.6. The molecular weight excluding hydrogens is 1590 g/mol. The second-order valence-corrected chi connectivity index (χ2v) is 34.9. The predicted molar refractivity (Wildman–Crippen MR) is 487 cm³/mol. The van der Waals surface area contributed by atoms with Crippen LogP contribution >= 0.6 is 0 Å². The Morgan fingerprint density at radius 3 is 0.919 bits per heavy atom. The van der Waals surface area contributed by atoms with Crippen LogP contribution in [-0.4, -0.2) is 369 Å². The lowest BCUT2D eigenvalue weighted by atomic mass is 9.85. The SMILES string of the molecule is CN(C)CCNCCCCC(NC(=O)CN(C)C)C(=O)CC(CCCCNC(=O)C(CCCCNC(=O)CN(C)C)NC(=O)CN(C)C)C(=O)NC(CCCCNC(=O)C(CCCCCC(=O)C(CCCCNC(=O)CN(C)C)NC(=O)CN(C)C)NC(=O)C(CCCCNC(=O)CN(C)C)NC(=O)CN(C)C)C(=O)CC(c1ccccc1)c1ccccc1. The highest BCUT2D eigenvalue weighted by molar-refractivity contribution is 5.96. The molecule has 7 atom stereocenters. The second kappa shape index (κ2) is 65.8. The van der Waals surface area contributed by atoms with Crippen molar-refractivity contribution in [3.05, 3.63) is 71.8 Å². The van der Waals surface area contributed by atoms with E-state index in [-0.39, 0.29) is 157 Å². The summed E-state index contributed by atoms with van der Waals surface area (Å²) in [4.78, 5) is 207. The van der Waals surface area contributed by atoms with Crippen molar-refractivity contribution in [3.8, 4) is 0 Å². The Morgan fingerprint density at radius 1 is 0.250 bits per heavy atom. The molecule has 0 bridgehead atoms. The van der Waals surface area contributed by atoms with Gasteiger partial charge >= 0.3 is 0 Å². The molecule has 34 nitrogen and oxygen atoms in total. The number of amides is 11. The smallest absolute Gasteiger partial charge is 0.243 e. The Labute approximate surface area is 740 Å². The number of nitrogens with zero attached hydrogens (tertiary/aromatic N) is 8. The third-order valence-corrected chi connectivity index (χ3v) is 20.4. The molecule has 2 aromatic carbocycles. The van der Waals surface area contributed by atoms with E-state index in [9.17, 15) is 57.5 Å². The second-order valence-electron chi connectivity index (χ2n) is 34.9. The molecule has 0 spiro atoms. The number of nitrogens with one attached hydrogen (secondary N) is 12. The van der Waals surface area contributed by atoms with Gasteiger partial charge in [0.2, 0.25) is 65.0 Å². The molecule has 2 aromatic rings. The van der Waals surface area contributed by atoms with Crippen LogP contribution in [0.2, 0.25) is 0 Å². The van der Waals surface area contributed by atoms with Gasteiger partial charge in [-0.25, -0.2) is 0 Å². The van der Waals surface area contributed by atoms with E-state index in [4.69, 9.17) is 0 Å². The highest BCUT2D eigenvalue weighted by atomic mass is 16.2. The fraction of sp³-hybridized carbons (Fsp3) is 0.711. The average molecular weight is 1740 g/mol. The lowest BCUT2D eigenvalue weighted by molar-refractivity contribution is -0.134. The van der Waals surface area contributed by atoms with Crippen LogP contribution in [-0.2, 0) is 67.1 Å². The minimum absolute atomic E-state index is 0.0124. The van der Waals surface area contributed by atoms with Crippen LogP contribution in [0.4, 0.5) is 0 Å². The van der Waals surface area contributed by atoms with Crippen molar-refractivity contribution in [1.29, 1.82) is 0 Å². The van der Waals surface area contributed by atoms with Crippen molar-refractivity contribution in [2.75, 3.05) is 211 Å². The van der Waals surface area contributed by atoms with E-state index in [0.29, 0.717) is 142 Å². The van der Waals surface area contributed by atoms with Gasteiger partial charge in [0.25, 0.3) is 0 Å². The first-order valence-electron chi connectivity index (χ1n) is 44.6. The molecule has 0 aromatic heterocycles. The van der Waals surface area contributed by atoms with Gasteiger partial charge in [-0.3, -0.25) is 67.1 Å². The van der Waals surface area contributed by atoms with Gasteiger partial charge in [0.05, 0.1) is 63.9 Å². The van der Waals surface area contributed by atoms with Crippen molar-refractivity contribution in [3.63, 3.8) is 0 Å². The number of likely N-dealkylation sites (N-methyl/N-ethyl adjacent to an activating group) is 8. The van der Waals surface area contributed by atoms with Gasteiger partial charge in [0, 0.05) is 76.9 Å². The standard InChI is InChI=1S/C90H158N20O14/c1-103(2)57-56-91-50-32-27-44-72(98-84(118)64-108(11)12)78(112)58-69(42-26-33-54-95-88(122)74(99-85(119)65-109(13)14)47-30-35-52-93-81(115)61-105(5)6)87(121)101-73(79(113)59-70(67-38-20-17-21-39-67)68-40-22-18-23-41-68)45-29-37-55-96-89(123)75(102-90(124)76(100-86(120)66-110(15)16)48-31-36-53-94-82(116)62-106(7)8)46-24-19-25-49-77(111)71(97-83(117)63-107(9)10)43-28-34-51-92-80(114)60-104(3)4/h17-18,20-23,38-41,69-76,91H,19,24-37,42-66H2,1-16H3,(H,92,114)(H,93,115)(H,94,116)(H,95,122)(H,96,123)(H,97,117)(H,98,118)(H,99,119)(H,100,120)(H,101,121)(H,102,124). The fourth-order valence-electron chi connectivity index (χ4n) is 14.1. The summed E-state index contributed by atoms with van der Waals surface area (Å²) in [5.74, 6) is -6.17. The van der Waals surface area contributed by atoms with Gasteiger partial charge in [0.1, 0.15) is 18.1 Å². The number of hydrogen-bond acceptors (Lipinski definition) is 23. The summed E-state index contributed by atoms with van der Waals surface area (Å²) < 4.78 is 0. The molecule has 2 rings (SSSR count). The molecule has 34 heteroatoms. The summed E-state index contributed by atoms with van der Waals surface area (Å²) >= 11 is 0. The number of unbranched alkanes of at least 4 members (excludes halogenated alkanes) is 8. The Kier molecular flexibility index (Phi) is 59.1. The largest absolute Gasteiger partial charge is 0.355 e. The van der Waals surface area contributed by atoms with Gasteiger partial charge in [-0.1, -0.05) is 79.9 Å². The summed E-state index contributed by atoms with van der Waals surface area (Å²) in [7, 11) is 28.7. The van der Waals surface area contributed by atoms with Crippen molar-refractivity contribution in [2.45, 2.75) is 203 Å². The van der Waals surface area contributed by atoms with Gasteiger partial charge in [-0.05, 0) is 252 Å². The topological polar surface area (TPSA) is 409 Å². The molecule has 0 aliphatic rings. The van der Waals surface area contributed by atoms with Crippen molar-refractivity contribution in [1.82, 2.24) is 103 Å². The molecule has 0 radical (unpaired) electrons. The zero-order valence-corrected chi connectivity index (χ0v) is 78.0. The molecule has 0 saturated carbocycles. The zero-order chi connectivity index (χ0) is 92.3. The molecule has 0 aliphatic heterocycles. The number of benzene rings is 2. The Bertz CT molecular complexity index is 3420.